The van der Waals surface area contributed by atoms with E-state index in [1.54, 1.807) is 0 Å². The van der Waals surface area contributed by atoms with Gasteiger partial charge in [-0.2, -0.15) is 0 Å². The van der Waals surface area contributed by atoms with Crippen molar-refractivity contribution in [1.82, 2.24) is 0 Å². The molecule has 0 atom stereocenters. The van der Waals surface area contributed by atoms with Crippen molar-refractivity contribution in [2.75, 3.05) is 12.3 Å². The Kier molecular flexibility index (Phi) is 4.08. The second kappa shape index (κ2) is 5.58. The van der Waals surface area contributed by atoms with Crippen LogP contribution in [-0.4, -0.2) is 6.54 Å². The maximum Gasteiger partial charge on any atom is 0.0367 e. The van der Waals surface area contributed by atoms with Gasteiger partial charge >= 0.3 is 0 Å². The van der Waals surface area contributed by atoms with Gasteiger partial charge in [-0.25, -0.2) is 0 Å². The molecule has 0 bridgehead atoms. The number of nitrogen functional groups attached to an aromatic ring is 1. The molecule has 0 saturated heterocycles. The van der Waals surface area contributed by atoms with E-state index in [4.69, 9.17) is 11.3 Å². The lowest BCUT2D eigenvalue weighted by atomic mass is 10.1. The highest BCUT2D eigenvalue weighted by Crippen LogP contribution is 2.10. The first-order valence-corrected chi connectivity index (χ1v) is 4.60. The molecule has 2 N–H and O–H groups in total. The van der Waals surface area contributed by atoms with Crippen molar-refractivity contribution in [3.8, 4) is 11.8 Å². The van der Waals surface area contributed by atoms with E-state index in [0.717, 1.165) is 16.8 Å². The average Bonchev–Trinajstić information content (AvgIpc) is 2.20. The Balaban J connectivity index is 2.67. The zero-order valence-corrected chi connectivity index (χ0v) is 8.57. The minimum absolute atomic E-state index is 0.414. The molecule has 4 nitrogen and oxygen atoms in total. The van der Waals surface area contributed by atoms with Gasteiger partial charge < -0.3 is 5.73 Å². The quantitative estimate of drug-likeness (QED) is 0.195. The van der Waals surface area contributed by atoms with Crippen LogP contribution in [0.15, 0.2) is 23.3 Å². The third-order valence-electron chi connectivity index (χ3n) is 1.87. The molecular formula is C11H12N4. The van der Waals surface area contributed by atoms with Gasteiger partial charge in [-0.15, -0.1) is 0 Å². The second-order valence-corrected chi connectivity index (χ2v) is 3.08. The van der Waals surface area contributed by atoms with E-state index in [-0.39, 0.29) is 0 Å². The van der Waals surface area contributed by atoms with Gasteiger partial charge in [-0.1, -0.05) is 17.0 Å². The van der Waals surface area contributed by atoms with Gasteiger partial charge in [0.25, 0.3) is 0 Å². The summed E-state index contributed by atoms with van der Waals surface area (Å²) in [6.45, 7) is 2.38. The number of anilines is 1. The van der Waals surface area contributed by atoms with Crippen LogP contribution in [-0.2, 0) is 0 Å². The molecule has 1 aromatic rings. The van der Waals surface area contributed by atoms with Crippen LogP contribution in [0.1, 0.15) is 17.5 Å². The van der Waals surface area contributed by atoms with Crippen molar-refractivity contribution >= 4 is 5.69 Å². The van der Waals surface area contributed by atoms with E-state index in [1.165, 1.54) is 0 Å². The Morgan fingerprint density at radius 1 is 1.53 bits per heavy atom. The summed E-state index contributed by atoms with van der Waals surface area (Å²) in [7, 11) is 0. The molecule has 0 aromatic heterocycles. The second-order valence-electron chi connectivity index (χ2n) is 3.08. The molecule has 0 radical (unpaired) electrons. The zero-order valence-electron chi connectivity index (χ0n) is 8.57. The van der Waals surface area contributed by atoms with Crippen LogP contribution in [0.3, 0.4) is 0 Å². The van der Waals surface area contributed by atoms with Gasteiger partial charge in [0.15, 0.2) is 0 Å². The molecule has 0 fully saturated rings. The fourth-order valence-electron chi connectivity index (χ4n) is 1.14. The maximum atomic E-state index is 8.05. The van der Waals surface area contributed by atoms with Crippen molar-refractivity contribution in [2.24, 2.45) is 5.11 Å². The molecule has 0 aliphatic rings. The van der Waals surface area contributed by atoms with E-state index in [1.807, 2.05) is 25.1 Å². The van der Waals surface area contributed by atoms with Gasteiger partial charge in [-0.05, 0) is 36.2 Å². The minimum atomic E-state index is 0.414. The van der Waals surface area contributed by atoms with Gasteiger partial charge in [0.05, 0.1) is 0 Å². The van der Waals surface area contributed by atoms with E-state index in [0.29, 0.717) is 13.0 Å². The van der Waals surface area contributed by atoms with E-state index < -0.39 is 0 Å². The number of rotatable bonds is 2. The number of hydrogen-bond donors (Lipinski definition) is 1. The number of azide groups is 1. The van der Waals surface area contributed by atoms with Crippen LogP contribution >= 0.6 is 0 Å². The molecule has 4 heteroatoms. The van der Waals surface area contributed by atoms with Crippen LogP contribution in [0.2, 0.25) is 0 Å². The van der Waals surface area contributed by atoms with E-state index in [2.05, 4.69) is 21.9 Å². The summed E-state index contributed by atoms with van der Waals surface area (Å²) < 4.78 is 0. The number of hydrogen-bond acceptors (Lipinski definition) is 2. The molecule has 1 rings (SSSR count). The number of nitrogens with two attached hydrogens (primary N) is 1. The third kappa shape index (κ3) is 3.63. The Bertz CT molecular complexity index is 447. The Hall–Kier alpha value is -2.11. The predicted octanol–water partition coefficient (Wildman–Crippen LogP) is 2.63. The van der Waals surface area contributed by atoms with Crippen molar-refractivity contribution in [3.63, 3.8) is 0 Å². The summed E-state index contributed by atoms with van der Waals surface area (Å²) >= 11 is 0. The minimum Gasteiger partial charge on any atom is -0.399 e. The molecule has 0 saturated carbocycles. The summed E-state index contributed by atoms with van der Waals surface area (Å²) in [4.78, 5) is 2.65. The molecule has 0 aliphatic heterocycles. The molecule has 0 heterocycles. The first-order chi connectivity index (χ1) is 7.24. The molecule has 76 valence electrons. The third-order valence-corrected chi connectivity index (χ3v) is 1.87. The lowest BCUT2D eigenvalue weighted by Crippen LogP contribution is -1.88. The van der Waals surface area contributed by atoms with Crippen LogP contribution in [0.5, 0.6) is 0 Å². The standard InChI is InChI=1S/C11H12N4/c1-9-8-11(12)6-5-10(9)4-2-3-7-14-15-13/h5-6,8H,3,7,12H2,1H3. The summed E-state index contributed by atoms with van der Waals surface area (Å²) in [6, 6.07) is 5.60. The van der Waals surface area contributed by atoms with Crippen LogP contribution < -0.4 is 5.73 Å². The topological polar surface area (TPSA) is 74.8 Å². The maximum absolute atomic E-state index is 8.05. The highest BCUT2D eigenvalue weighted by Gasteiger charge is 1.93. The molecule has 15 heavy (non-hydrogen) atoms. The summed E-state index contributed by atoms with van der Waals surface area (Å²) in [5, 5.41) is 3.40. The SMILES string of the molecule is Cc1cc(N)ccc1C#CCCN=[N+]=[N-]. The van der Waals surface area contributed by atoms with Gasteiger partial charge in [-0.3, -0.25) is 0 Å². The number of aryl methyl sites for hydroxylation is 1. The largest absolute Gasteiger partial charge is 0.399 e. The van der Waals surface area contributed by atoms with E-state index in [9.17, 15) is 0 Å². The van der Waals surface area contributed by atoms with Crippen molar-refractivity contribution < 1.29 is 0 Å². The van der Waals surface area contributed by atoms with Crippen LogP contribution in [0, 0.1) is 18.8 Å². The Labute approximate surface area is 88.7 Å². The molecule has 0 amide bonds. The van der Waals surface area contributed by atoms with E-state index >= 15 is 0 Å². The molecule has 0 spiro atoms. The highest BCUT2D eigenvalue weighted by molar-refractivity contribution is 5.50. The van der Waals surface area contributed by atoms with Crippen LogP contribution in [0.25, 0.3) is 10.4 Å². The zero-order chi connectivity index (χ0) is 11.1. The van der Waals surface area contributed by atoms with Crippen molar-refractivity contribution in [1.29, 1.82) is 0 Å². The average molecular weight is 200 g/mol. The lowest BCUT2D eigenvalue weighted by molar-refractivity contribution is 1.01. The van der Waals surface area contributed by atoms with Crippen molar-refractivity contribution in [3.05, 3.63) is 39.8 Å². The highest BCUT2D eigenvalue weighted by atomic mass is 15.1. The fourth-order valence-corrected chi connectivity index (χ4v) is 1.14. The normalized spacial score (nSPS) is 8.60. The van der Waals surface area contributed by atoms with Gasteiger partial charge in [0, 0.05) is 29.1 Å². The lowest BCUT2D eigenvalue weighted by Gasteiger charge is -1.98. The summed E-state index contributed by atoms with van der Waals surface area (Å²) in [6.07, 6.45) is 0.577. The molecule has 1 aromatic carbocycles. The first-order valence-electron chi connectivity index (χ1n) is 4.60. The first kappa shape index (κ1) is 11.0. The molecular weight excluding hydrogens is 188 g/mol. The Morgan fingerprint density at radius 3 is 3.00 bits per heavy atom. The number of benzene rings is 1. The fraction of sp³-hybridized carbons (Fsp3) is 0.273. The van der Waals surface area contributed by atoms with Gasteiger partial charge in [0.2, 0.25) is 0 Å². The van der Waals surface area contributed by atoms with Crippen molar-refractivity contribution in [2.45, 2.75) is 13.3 Å². The molecule has 0 aliphatic carbocycles. The smallest absolute Gasteiger partial charge is 0.0367 e. The molecule has 0 unspecified atom stereocenters. The Morgan fingerprint density at radius 2 is 2.33 bits per heavy atom. The predicted molar refractivity (Wildman–Crippen MR) is 61.1 cm³/mol. The summed E-state index contributed by atoms with van der Waals surface area (Å²) in [5.41, 5.74) is 16.4. The van der Waals surface area contributed by atoms with Crippen LogP contribution in [0.4, 0.5) is 5.69 Å². The summed E-state index contributed by atoms with van der Waals surface area (Å²) in [5.74, 6) is 5.95. The number of nitrogens with zero attached hydrogens (tertiary/aromatic N) is 3. The van der Waals surface area contributed by atoms with Gasteiger partial charge in [0.1, 0.15) is 0 Å². The monoisotopic (exact) mass is 200 g/mol.